The largest absolute Gasteiger partial charge is 0.328 e. The van der Waals surface area contributed by atoms with E-state index >= 15 is 0 Å². The second kappa shape index (κ2) is 5.17. The van der Waals surface area contributed by atoms with Crippen molar-refractivity contribution in [3.63, 3.8) is 0 Å². The van der Waals surface area contributed by atoms with Gasteiger partial charge in [0, 0.05) is 17.6 Å². The molecule has 1 aliphatic rings. The average Bonchev–Trinajstić information content (AvgIpc) is 2.27. The van der Waals surface area contributed by atoms with Crippen LogP contribution in [0.4, 0.5) is 0 Å². The molecule has 1 aromatic rings. The fourth-order valence-corrected chi connectivity index (χ4v) is 2.35. The Kier molecular flexibility index (Phi) is 3.85. The van der Waals surface area contributed by atoms with Gasteiger partial charge in [-0.25, -0.2) is 0 Å². The SMILES string of the molecule is Cc1ccc(Cl)c(CN2CCC(N)CC2)c1. The minimum atomic E-state index is 0.393. The molecule has 1 fully saturated rings. The molecule has 0 aromatic heterocycles. The van der Waals surface area contributed by atoms with E-state index < -0.39 is 0 Å². The molecular formula is C13H19ClN2. The van der Waals surface area contributed by atoms with Crippen molar-refractivity contribution in [1.29, 1.82) is 0 Å². The van der Waals surface area contributed by atoms with Crippen LogP contribution in [0.5, 0.6) is 0 Å². The first-order valence-electron chi connectivity index (χ1n) is 5.88. The molecule has 16 heavy (non-hydrogen) atoms. The predicted octanol–water partition coefficient (Wildman–Crippen LogP) is 2.57. The minimum Gasteiger partial charge on any atom is -0.328 e. The summed E-state index contributed by atoms with van der Waals surface area (Å²) in [5.41, 5.74) is 8.40. The molecule has 0 bridgehead atoms. The Morgan fingerprint density at radius 2 is 2.06 bits per heavy atom. The van der Waals surface area contributed by atoms with Gasteiger partial charge in [-0.05, 0) is 44.5 Å². The summed E-state index contributed by atoms with van der Waals surface area (Å²) >= 11 is 6.19. The molecule has 2 N–H and O–H groups in total. The van der Waals surface area contributed by atoms with Gasteiger partial charge in [0.1, 0.15) is 0 Å². The smallest absolute Gasteiger partial charge is 0.0451 e. The highest BCUT2D eigenvalue weighted by Gasteiger charge is 2.16. The monoisotopic (exact) mass is 238 g/mol. The van der Waals surface area contributed by atoms with E-state index in [2.05, 4.69) is 24.0 Å². The van der Waals surface area contributed by atoms with Gasteiger partial charge in [-0.2, -0.15) is 0 Å². The van der Waals surface area contributed by atoms with E-state index in [0.29, 0.717) is 6.04 Å². The maximum absolute atomic E-state index is 6.19. The molecule has 3 heteroatoms. The van der Waals surface area contributed by atoms with Gasteiger partial charge >= 0.3 is 0 Å². The van der Waals surface area contributed by atoms with E-state index in [1.807, 2.05) is 6.07 Å². The Balaban J connectivity index is 2.00. The van der Waals surface area contributed by atoms with Crippen LogP contribution in [0.2, 0.25) is 5.02 Å². The minimum absolute atomic E-state index is 0.393. The zero-order valence-corrected chi connectivity index (χ0v) is 10.5. The maximum Gasteiger partial charge on any atom is 0.0451 e. The molecule has 0 saturated carbocycles. The summed E-state index contributed by atoms with van der Waals surface area (Å²) in [4.78, 5) is 2.43. The third-order valence-electron chi connectivity index (χ3n) is 3.23. The molecule has 88 valence electrons. The summed E-state index contributed by atoms with van der Waals surface area (Å²) in [6.07, 6.45) is 2.20. The van der Waals surface area contributed by atoms with Crippen LogP contribution in [-0.4, -0.2) is 24.0 Å². The van der Waals surface area contributed by atoms with Crippen molar-refractivity contribution in [3.8, 4) is 0 Å². The molecule has 1 heterocycles. The Hall–Kier alpha value is -0.570. The van der Waals surface area contributed by atoms with Crippen LogP contribution in [0.25, 0.3) is 0 Å². The molecule has 0 radical (unpaired) electrons. The van der Waals surface area contributed by atoms with Crippen molar-refractivity contribution in [2.75, 3.05) is 13.1 Å². The van der Waals surface area contributed by atoms with Crippen molar-refractivity contribution in [2.45, 2.75) is 32.4 Å². The molecule has 2 nitrogen and oxygen atoms in total. The van der Waals surface area contributed by atoms with E-state index in [1.54, 1.807) is 0 Å². The summed E-state index contributed by atoms with van der Waals surface area (Å²) in [6.45, 7) is 5.23. The van der Waals surface area contributed by atoms with Crippen LogP contribution in [0.15, 0.2) is 18.2 Å². The maximum atomic E-state index is 6.19. The first kappa shape index (κ1) is 11.9. The lowest BCUT2D eigenvalue weighted by Gasteiger charge is -2.30. The van der Waals surface area contributed by atoms with E-state index in [0.717, 1.165) is 37.5 Å². The molecule has 0 unspecified atom stereocenters. The standard InChI is InChI=1S/C13H19ClN2/c1-10-2-3-13(14)11(8-10)9-16-6-4-12(15)5-7-16/h2-3,8,12H,4-7,9,15H2,1H3. The molecule has 1 aliphatic heterocycles. The van der Waals surface area contributed by atoms with Gasteiger partial charge in [0.2, 0.25) is 0 Å². The molecule has 0 amide bonds. The summed E-state index contributed by atoms with van der Waals surface area (Å²) in [7, 11) is 0. The molecule has 1 saturated heterocycles. The number of benzene rings is 1. The van der Waals surface area contributed by atoms with Crippen LogP contribution >= 0.6 is 11.6 Å². The second-order valence-corrected chi connectivity index (χ2v) is 5.12. The summed E-state index contributed by atoms with van der Waals surface area (Å²) in [5, 5.41) is 0.875. The van der Waals surface area contributed by atoms with Crippen molar-refractivity contribution in [1.82, 2.24) is 4.90 Å². The van der Waals surface area contributed by atoms with Crippen LogP contribution in [0.3, 0.4) is 0 Å². The van der Waals surface area contributed by atoms with Crippen LogP contribution in [-0.2, 0) is 6.54 Å². The van der Waals surface area contributed by atoms with Gasteiger partial charge in [0.25, 0.3) is 0 Å². The lowest BCUT2D eigenvalue weighted by Crippen LogP contribution is -2.39. The number of nitrogens with two attached hydrogens (primary N) is 1. The van der Waals surface area contributed by atoms with Crippen molar-refractivity contribution >= 4 is 11.6 Å². The molecule has 0 spiro atoms. The van der Waals surface area contributed by atoms with Crippen molar-refractivity contribution < 1.29 is 0 Å². The highest BCUT2D eigenvalue weighted by molar-refractivity contribution is 6.31. The number of hydrogen-bond donors (Lipinski definition) is 1. The number of piperidine rings is 1. The van der Waals surface area contributed by atoms with Gasteiger partial charge in [-0.1, -0.05) is 29.3 Å². The fraction of sp³-hybridized carbons (Fsp3) is 0.538. The molecule has 1 aromatic carbocycles. The third-order valence-corrected chi connectivity index (χ3v) is 3.60. The van der Waals surface area contributed by atoms with E-state index in [1.165, 1.54) is 11.1 Å². The van der Waals surface area contributed by atoms with Crippen LogP contribution in [0, 0.1) is 6.92 Å². The third kappa shape index (κ3) is 2.97. The van der Waals surface area contributed by atoms with Crippen molar-refractivity contribution in [3.05, 3.63) is 34.3 Å². The number of nitrogens with zero attached hydrogens (tertiary/aromatic N) is 1. The Bertz CT molecular complexity index is 357. The highest BCUT2D eigenvalue weighted by Crippen LogP contribution is 2.20. The number of rotatable bonds is 2. The topological polar surface area (TPSA) is 29.3 Å². The number of hydrogen-bond acceptors (Lipinski definition) is 2. The number of halogens is 1. The normalized spacial score (nSPS) is 18.9. The van der Waals surface area contributed by atoms with E-state index in [-0.39, 0.29) is 0 Å². The van der Waals surface area contributed by atoms with Crippen LogP contribution < -0.4 is 5.73 Å². The number of likely N-dealkylation sites (tertiary alicyclic amines) is 1. The van der Waals surface area contributed by atoms with Crippen LogP contribution in [0.1, 0.15) is 24.0 Å². The predicted molar refractivity (Wildman–Crippen MR) is 68.7 cm³/mol. The Labute approximate surface area is 102 Å². The zero-order valence-electron chi connectivity index (χ0n) is 9.75. The average molecular weight is 239 g/mol. The summed E-state index contributed by atoms with van der Waals surface area (Å²) in [5.74, 6) is 0. The molecule has 0 aliphatic carbocycles. The van der Waals surface area contributed by atoms with Gasteiger partial charge in [-0.15, -0.1) is 0 Å². The number of aryl methyl sites for hydroxylation is 1. The lowest BCUT2D eigenvalue weighted by molar-refractivity contribution is 0.205. The lowest BCUT2D eigenvalue weighted by atomic mass is 10.0. The van der Waals surface area contributed by atoms with Gasteiger partial charge in [0.15, 0.2) is 0 Å². The molecule has 2 rings (SSSR count). The van der Waals surface area contributed by atoms with Gasteiger partial charge in [-0.3, -0.25) is 4.90 Å². The fourth-order valence-electron chi connectivity index (χ4n) is 2.18. The second-order valence-electron chi connectivity index (χ2n) is 4.71. The van der Waals surface area contributed by atoms with Crippen molar-refractivity contribution in [2.24, 2.45) is 5.73 Å². The summed E-state index contributed by atoms with van der Waals surface area (Å²) in [6, 6.07) is 6.61. The Morgan fingerprint density at radius 1 is 1.38 bits per heavy atom. The molecular weight excluding hydrogens is 220 g/mol. The first-order chi connectivity index (χ1) is 7.65. The van der Waals surface area contributed by atoms with Gasteiger partial charge in [0.05, 0.1) is 0 Å². The van der Waals surface area contributed by atoms with E-state index in [9.17, 15) is 0 Å². The Morgan fingerprint density at radius 3 is 2.75 bits per heavy atom. The molecule has 0 atom stereocenters. The highest BCUT2D eigenvalue weighted by atomic mass is 35.5. The quantitative estimate of drug-likeness (QED) is 0.858. The first-order valence-corrected chi connectivity index (χ1v) is 6.26. The van der Waals surface area contributed by atoms with E-state index in [4.69, 9.17) is 17.3 Å². The zero-order chi connectivity index (χ0) is 11.5. The summed E-state index contributed by atoms with van der Waals surface area (Å²) < 4.78 is 0. The van der Waals surface area contributed by atoms with Gasteiger partial charge < -0.3 is 5.73 Å².